The Morgan fingerprint density at radius 3 is 2.70 bits per heavy atom. The van der Waals surface area contributed by atoms with Gasteiger partial charge in [-0.15, -0.1) is 0 Å². The van der Waals surface area contributed by atoms with E-state index in [1.54, 1.807) is 19.1 Å². The SMILES string of the molecule is CCC(F)(F)c1cccc(NC(=O)c2cc(C3C=CC(OC(F)F)=CN3)[nH]c2C)c1. The Bertz CT molecular complexity index is 982. The molecule has 30 heavy (non-hydrogen) atoms. The molecule has 1 aromatic heterocycles. The monoisotopic (exact) mass is 423 g/mol. The minimum absolute atomic E-state index is 0.00810. The number of H-pyrrole nitrogens is 1. The van der Waals surface area contributed by atoms with Crippen molar-refractivity contribution < 1.29 is 27.1 Å². The number of aryl methyl sites for hydroxylation is 1. The predicted octanol–water partition coefficient (Wildman–Crippen LogP) is 5.36. The van der Waals surface area contributed by atoms with E-state index >= 15 is 0 Å². The molecule has 1 amide bonds. The van der Waals surface area contributed by atoms with Crippen molar-refractivity contribution in [3.8, 4) is 0 Å². The molecule has 5 nitrogen and oxygen atoms in total. The topological polar surface area (TPSA) is 66.2 Å². The Balaban J connectivity index is 1.72. The smallest absolute Gasteiger partial charge is 0.387 e. The first kappa shape index (κ1) is 21.5. The van der Waals surface area contributed by atoms with Gasteiger partial charge in [0.2, 0.25) is 0 Å². The van der Waals surface area contributed by atoms with Crippen LogP contribution in [0.4, 0.5) is 23.2 Å². The fourth-order valence-electron chi connectivity index (χ4n) is 3.05. The number of hydrogen-bond donors (Lipinski definition) is 3. The molecule has 2 aromatic rings. The average Bonchev–Trinajstić information content (AvgIpc) is 3.10. The molecule has 0 aliphatic carbocycles. The maximum Gasteiger partial charge on any atom is 0.387 e. The normalized spacial score (nSPS) is 16.2. The van der Waals surface area contributed by atoms with Gasteiger partial charge in [0, 0.05) is 35.3 Å². The summed E-state index contributed by atoms with van der Waals surface area (Å²) in [5.74, 6) is -3.44. The van der Waals surface area contributed by atoms with Crippen LogP contribution >= 0.6 is 0 Å². The Morgan fingerprint density at radius 2 is 2.07 bits per heavy atom. The third-order valence-electron chi connectivity index (χ3n) is 4.69. The van der Waals surface area contributed by atoms with Gasteiger partial charge in [0.1, 0.15) is 5.76 Å². The molecule has 0 saturated heterocycles. The average molecular weight is 423 g/mol. The highest BCUT2D eigenvalue weighted by Crippen LogP contribution is 2.32. The van der Waals surface area contributed by atoms with E-state index in [1.807, 2.05) is 0 Å². The van der Waals surface area contributed by atoms with Gasteiger partial charge in [-0.2, -0.15) is 8.78 Å². The third kappa shape index (κ3) is 4.84. The molecule has 3 rings (SSSR count). The lowest BCUT2D eigenvalue weighted by Gasteiger charge is -2.17. The molecule has 1 aromatic carbocycles. The summed E-state index contributed by atoms with van der Waals surface area (Å²) in [5, 5.41) is 5.53. The first-order valence-electron chi connectivity index (χ1n) is 9.28. The number of alkyl halides is 4. The summed E-state index contributed by atoms with van der Waals surface area (Å²) in [6.45, 7) is 0.174. The van der Waals surface area contributed by atoms with Crippen LogP contribution < -0.4 is 10.6 Å². The second-order valence-electron chi connectivity index (χ2n) is 6.78. The van der Waals surface area contributed by atoms with E-state index in [0.29, 0.717) is 17.0 Å². The molecule has 0 saturated carbocycles. The number of ether oxygens (including phenoxy) is 1. The summed E-state index contributed by atoms with van der Waals surface area (Å²) in [4.78, 5) is 15.7. The molecule has 0 spiro atoms. The second kappa shape index (κ2) is 8.64. The summed E-state index contributed by atoms with van der Waals surface area (Å²) in [6, 6.07) is 6.82. The molecule has 1 aliphatic rings. The van der Waals surface area contributed by atoms with Crippen LogP contribution in [0.3, 0.4) is 0 Å². The highest BCUT2D eigenvalue weighted by atomic mass is 19.3. The highest BCUT2D eigenvalue weighted by Gasteiger charge is 2.29. The molecule has 0 bridgehead atoms. The Kier molecular flexibility index (Phi) is 6.19. The van der Waals surface area contributed by atoms with E-state index < -0.39 is 18.4 Å². The van der Waals surface area contributed by atoms with Gasteiger partial charge in [-0.3, -0.25) is 4.79 Å². The number of hydrogen-bond acceptors (Lipinski definition) is 3. The fourth-order valence-corrected chi connectivity index (χ4v) is 3.05. The number of carbonyl (C=O) groups is 1. The lowest BCUT2D eigenvalue weighted by Crippen LogP contribution is -2.18. The van der Waals surface area contributed by atoms with Crippen LogP contribution in [0, 0.1) is 6.92 Å². The zero-order chi connectivity index (χ0) is 21.9. The molecule has 0 fully saturated rings. The van der Waals surface area contributed by atoms with Crippen molar-refractivity contribution in [1.82, 2.24) is 10.3 Å². The van der Waals surface area contributed by atoms with Crippen molar-refractivity contribution in [2.24, 2.45) is 0 Å². The number of nitrogens with one attached hydrogen (secondary N) is 3. The number of amides is 1. The summed E-state index contributed by atoms with van der Waals surface area (Å²) in [6.07, 6.45) is 3.99. The molecular formula is C21H21F4N3O2. The largest absolute Gasteiger partial charge is 0.433 e. The Hall–Kier alpha value is -3.23. The molecule has 0 radical (unpaired) electrons. The minimum Gasteiger partial charge on any atom is -0.433 e. The zero-order valence-electron chi connectivity index (χ0n) is 16.3. The van der Waals surface area contributed by atoms with E-state index in [1.165, 1.54) is 43.5 Å². The van der Waals surface area contributed by atoms with E-state index in [9.17, 15) is 22.4 Å². The van der Waals surface area contributed by atoms with Crippen LogP contribution in [0.15, 0.2) is 54.4 Å². The highest BCUT2D eigenvalue weighted by molar-refractivity contribution is 6.05. The van der Waals surface area contributed by atoms with E-state index in [2.05, 4.69) is 20.4 Å². The first-order valence-corrected chi connectivity index (χ1v) is 9.28. The van der Waals surface area contributed by atoms with Crippen LogP contribution in [0.25, 0.3) is 0 Å². The lowest BCUT2D eigenvalue weighted by atomic mass is 10.1. The van der Waals surface area contributed by atoms with Gasteiger partial charge in [0.15, 0.2) is 0 Å². The van der Waals surface area contributed by atoms with Gasteiger partial charge < -0.3 is 20.4 Å². The van der Waals surface area contributed by atoms with Gasteiger partial charge in [0.05, 0.1) is 11.6 Å². The van der Waals surface area contributed by atoms with Crippen molar-refractivity contribution in [3.05, 3.63) is 77.0 Å². The Morgan fingerprint density at radius 1 is 1.30 bits per heavy atom. The second-order valence-corrected chi connectivity index (χ2v) is 6.78. The standard InChI is InChI=1S/C21H21F4N3O2/c1-3-21(24,25)13-5-4-6-14(9-13)28-19(29)16-10-18(27-12(16)2)17-8-7-15(11-26-17)30-20(22)23/h4-11,17,20,26-27H,3H2,1-2H3,(H,28,29). The number of halogens is 4. The summed E-state index contributed by atoms with van der Waals surface area (Å²) >= 11 is 0. The first-order chi connectivity index (χ1) is 14.2. The van der Waals surface area contributed by atoms with Crippen molar-refractivity contribution in [2.45, 2.75) is 38.8 Å². The van der Waals surface area contributed by atoms with Crippen LogP contribution in [0.5, 0.6) is 0 Å². The molecule has 3 N–H and O–H groups in total. The fraction of sp³-hybridized carbons (Fsp3) is 0.286. The third-order valence-corrected chi connectivity index (χ3v) is 4.69. The van der Waals surface area contributed by atoms with Crippen molar-refractivity contribution in [1.29, 1.82) is 0 Å². The molecule has 9 heteroatoms. The molecule has 1 unspecified atom stereocenters. The van der Waals surface area contributed by atoms with Crippen LogP contribution in [0.1, 0.15) is 46.7 Å². The van der Waals surface area contributed by atoms with Crippen LogP contribution in [-0.2, 0) is 10.7 Å². The van der Waals surface area contributed by atoms with Gasteiger partial charge in [-0.25, -0.2) is 8.78 Å². The number of aromatic nitrogens is 1. The number of rotatable bonds is 7. The maximum atomic E-state index is 13.9. The van der Waals surface area contributed by atoms with Gasteiger partial charge in [0.25, 0.3) is 11.8 Å². The van der Waals surface area contributed by atoms with Gasteiger partial charge in [-0.1, -0.05) is 25.1 Å². The Labute approximate surface area is 170 Å². The zero-order valence-corrected chi connectivity index (χ0v) is 16.3. The maximum absolute atomic E-state index is 13.9. The predicted molar refractivity (Wildman–Crippen MR) is 104 cm³/mol. The van der Waals surface area contributed by atoms with Crippen molar-refractivity contribution in [3.63, 3.8) is 0 Å². The molecular weight excluding hydrogens is 402 g/mol. The van der Waals surface area contributed by atoms with Crippen LogP contribution in [0.2, 0.25) is 0 Å². The van der Waals surface area contributed by atoms with Crippen LogP contribution in [-0.4, -0.2) is 17.5 Å². The number of aromatic amines is 1. The summed E-state index contributed by atoms with van der Waals surface area (Å²) < 4.78 is 56.6. The number of anilines is 1. The molecule has 160 valence electrons. The van der Waals surface area contributed by atoms with E-state index in [-0.39, 0.29) is 29.5 Å². The molecule has 1 atom stereocenters. The number of carbonyl (C=O) groups excluding carboxylic acids is 1. The summed E-state index contributed by atoms with van der Waals surface area (Å²) in [7, 11) is 0. The number of dihydropyridines is 1. The number of benzene rings is 1. The quantitative estimate of drug-likeness (QED) is 0.526. The van der Waals surface area contributed by atoms with Crippen molar-refractivity contribution >= 4 is 11.6 Å². The minimum atomic E-state index is -2.97. The lowest BCUT2D eigenvalue weighted by molar-refractivity contribution is -0.0927. The summed E-state index contributed by atoms with van der Waals surface area (Å²) in [5.41, 5.74) is 1.64. The van der Waals surface area contributed by atoms with Gasteiger partial charge in [-0.05, 0) is 31.2 Å². The molecule has 1 aliphatic heterocycles. The van der Waals surface area contributed by atoms with Crippen molar-refractivity contribution in [2.75, 3.05) is 5.32 Å². The van der Waals surface area contributed by atoms with Gasteiger partial charge >= 0.3 is 6.61 Å². The van der Waals surface area contributed by atoms with E-state index in [4.69, 9.17) is 0 Å². The van der Waals surface area contributed by atoms with E-state index in [0.717, 1.165) is 0 Å². The number of allylic oxidation sites excluding steroid dienone is 1. The molecule has 2 heterocycles.